The second-order valence-electron chi connectivity index (χ2n) is 5.60. The number of rotatable bonds is 8. The molecule has 1 unspecified atom stereocenters. The summed E-state index contributed by atoms with van der Waals surface area (Å²) >= 11 is 4.76. The molecule has 4 nitrogen and oxygen atoms in total. The van der Waals surface area contributed by atoms with Gasteiger partial charge >= 0.3 is 0 Å². The average molecular weight is 382 g/mol. The van der Waals surface area contributed by atoms with Crippen molar-refractivity contribution in [2.24, 2.45) is 0 Å². The van der Waals surface area contributed by atoms with Crippen LogP contribution in [0.5, 0.6) is 0 Å². The molecule has 1 aromatic heterocycles. The summed E-state index contributed by atoms with van der Waals surface area (Å²) < 4.78 is 1.82. The van der Waals surface area contributed by atoms with Crippen LogP contribution >= 0.6 is 34.9 Å². The highest BCUT2D eigenvalue weighted by Crippen LogP contribution is 2.32. The Bertz CT molecular complexity index is 687. The van der Waals surface area contributed by atoms with Crippen LogP contribution in [0.2, 0.25) is 0 Å². The second-order valence-corrected chi connectivity index (χ2v) is 9.51. The molecule has 1 amide bonds. The topological polar surface area (TPSA) is 54.9 Å². The predicted octanol–water partition coefficient (Wildman–Crippen LogP) is 5.17. The van der Waals surface area contributed by atoms with Crippen molar-refractivity contribution in [2.45, 2.75) is 54.5 Å². The van der Waals surface area contributed by atoms with Gasteiger partial charge in [0.15, 0.2) is 8.68 Å². The van der Waals surface area contributed by atoms with Gasteiger partial charge in [-0.2, -0.15) is 0 Å². The maximum Gasteiger partial charge on any atom is 0.237 e. The maximum atomic E-state index is 12.4. The summed E-state index contributed by atoms with van der Waals surface area (Å²) in [4.78, 5) is 12.4. The number of nitrogens with zero attached hydrogens (tertiary/aromatic N) is 2. The molecule has 0 aliphatic carbocycles. The molecule has 0 aliphatic rings. The van der Waals surface area contributed by atoms with Crippen molar-refractivity contribution >= 4 is 46.5 Å². The van der Waals surface area contributed by atoms with Crippen LogP contribution in [0.4, 0.5) is 5.69 Å². The van der Waals surface area contributed by atoms with Crippen LogP contribution in [0, 0.1) is 13.8 Å². The summed E-state index contributed by atoms with van der Waals surface area (Å²) in [7, 11) is 0. The van der Waals surface area contributed by atoms with E-state index < -0.39 is 0 Å². The number of hydrogen-bond acceptors (Lipinski definition) is 6. The monoisotopic (exact) mass is 381 g/mol. The number of carbonyl (C=O) groups is 1. The third-order valence-corrected chi connectivity index (χ3v) is 6.74. The van der Waals surface area contributed by atoms with Crippen molar-refractivity contribution in [3.63, 3.8) is 0 Å². The molecule has 1 atom stereocenters. The number of unbranched alkanes of at least 4 members (excludes halogenated alkanes) is 1. The van der Waals surface area contributed by atoms with Crippen LogP contribution in [0.3, 0.4) is 0 Å². The number of benzene rings is 1. The summed E-state index contributed by atoms with van der Waals surface area (Å²) in [6.45, 7) is 8.10. The highest BCUT2D eigenvalue weighted by atomic mass is 32.2. The van der Waals surface area contributed by atoms with Crippen molar-refractivity contribution in [3.8, 4) is 0 Å². The van der Waals surface area contributed by atoms with E-state index in [4.69, 9.17) is 0 Å². The number of amides is 1. The Morgan fingerprint density at radius 3 is 2.79 bits per heavy atom. The van der Waals surface area contributed by atoms with E-state index in [1.807, 2.05) is 39.0 Å². The lowest BCUT2D eigenvalue weighted by atomic mass is 10.1. The molecule has 24 heavy (non-hydrogen) atoms. The molecule has 0 radical (unpaired) electrons. The molecule has 2 rings (SSSR count). The second kappa shape index (κ2) is 9.44. The summed E-state index contributed by atoms with van der Waals surface area (Å²) in [6, 6.07) is 6.06. The number of carbonyl (C=O) groups excluding carboxylic acids is 1. The van der Waals surface area contributed by atoms with Gasteiger partial charge in [0, 0.05) is 11.4 Å². The minimum absolute atomic E-state index is 0.0101. The van der Waals surface area contributed by atoms with Crippen molar-refractivity contribution < 1.29 is 4.79 Å². The lowest BCUT2D eigenvalue weighted by molar-refractivity contribution is -0.115. The Morgan fingerprint density at radius 1 is 1.29 bits per heavy atom. The first-order valence-electron chi connectivity index (χ1n) is 8.00. The number of aryl methyl sites for hydroxylation is 2. The van der Waals surface area contributed by atoms with Gasteiger partial charge in [0.1, 0.15) is 0 Å². The molecule has 1 N–H and O–H groups in total. The van der Waals surface area contributed by atoms with Gasteiger partial charge in [0.25, 0.3) is 0 Å². The van der Waals surface area contributed by atoms with E-state index in [1.165, 1.54) is 24.6 Å². The number of aromatic nitrogens is 2. The third-order valence-electron chi connectivity index (χ3n) is 3.41. The highest BCUT2D eigenvalue weighted by molar-refractivity contribution is 8.03. The number of thioether (sulfide) groups is 2. The molecule has 1 aromatic carbocycles. The largest absolute Gasteiger partial charge is 0.325 e. The average Bonchev–Trinajstić information content (AvgIpc) is 2.98. The molecule has 0 spiro atoms. The van der Waals surface area contributed by atoms with E-state index in [1.54, 1.807) is 23.1 Å². The van der Waals surface area contributed by atoms with E-state index in [0.717, 1.165) is 31.2 Å². The normalized spacial score (nSPS) is 12.2. The van der Waals surface area contributed by atoms with Crippen LogP contribution in [0.1, 0.15) is 37.8 Å². The smallest absolute Gasteiger partial charge is 0.237 e. The number of anilines is 1. The zero-order valence-corrected chi connectivity index (χ0v) is 16.9. The summed E-state index contributed by atoms with van der Waals surface area (Å²) in [5, 5.41) is 11.2. The standard InChI is InChI=1S/C17H23N3OS3/c1-5-6-9-22-16-19-20-17(24-16)23-13(4)15(21)18-14-10-11(2)7-8-12(14)3/h7-8,10,13H,5-6,9H2,1-4H3,(H,18,21). The molecule has 1 heterocycles. The van der Waals surface area contributed by atoms with Crippen molar-refractivity contribution in [2.75, 3.05) is 11.1 Å². The highest BCUT2D eigenvalue weighted by Gasteiger charge is 2.18. The van der Waals surface area contributed by atoms with Crippen molar-refractivity contribution in [1.82, 2.24) is 10.2 Å². The van der Waals surface area contributed by atoms with Crippen molar-refractivity contribution in [1.29, 1.82) is 0 Å². The van der Waals surface area contributed by atoms with Gasteiger partial charge in [-0.05, 0) is 44.4 Å². The van der Waals surface area contributed by atoms with Gasteiger partial charge in [-0.25, -0.2) is 0 Å². The van der Waals surface area contributed by atoms with Crippen LogP contribution in [-0.2, 0) is 4.79 Å². The Hall–Kier alpha value is -1.05. The van der Waals surface area contributed by atoms with E-state index >= 15 is 0 Å². The predicted molar refractivity (Wildman–Crippen MR) is 105 cm³/mol. The van der Waals surface area contributed by atoms with Gasteiger partial charge in [-0.3, -0.25) is 4.79 Å². The minimum atomic E-state index is -0.216. The van der Waals surface area contributed by atoms with Crippen LogP contribution < -0.4 is 5.32 Å². The quantitative estimate of drug-likeness (QED) is 0.505. The number of nitrogens with one attached hydrogen (secondary N) is 1. The first-order chi connectivity index (χ1) is 11.5. The van der Waals surface area contributed by atoms with Gasteiger partial charge in [0.2, 0.25) is 5.91 Å². The minimum Gasteiger partial charge on any atom is -0.325 e. The maximum absolute atomic E-state index is 12.4. The molecular weight excluding hydrogens is 358 g/mol. The lowest BCUT2D eigenvalue weighted by Crippen LogP contribution is -2.22. The van der Waals surface area contributed by atoms with Gasteiger partial charge in [0.05, 0.1) is 5.25 Å². The van der Waals surface area contributed by atoms with E-state index in [9.17, 15) is 4.79 Å². The Balaban J connectivity index is 1.90. The zero-order chi connectivity index (χ0) is 17.5. The SMILES string of the molecule is CCCCSc1nnc(SC(C)C(=O)Nc2cc(C)ccc2C)s1. The molecule has 130 valence electrons. The summed E-state index contributed by atoms with van der Waals surface area (Å²) in [5.74, 6) is 1.06. The number of hydrogen-bond donors (Lipinski definition) is 1. The summed E-state index contributed by atoms with van der Waals surface area (Å²) in [6.07, 6.45) is 2.37. The van der Waals surface area contributed by atoms with Crippen LogP contribution in [0.25, 0.3) is 0 Å². The van der Waals surface area contributed by atoms with Gasteiger partial charge < -0.3 is 5.32 Å². The Kier molecular flexibility index (Phi) is 7.58. The molecule has 0 saturated heterocycles. The van der Waals surface area contributed by atoms with Crippen LogP contribution in [-0.4, -0.2) is 27.1 Å². The fraction of sp³-hybridized carbons (Fsp3) is 0.471. The van der Waals surface area contributed by atoms with Crippen molar-refractivity contribution in [3.05, 3.63) is 29.3 Å². The fourth-order valence-corrected chi connectivity index (χ4v) is 5.23. The fourth-order valence-electron chi connectivity index (χ4n) is 1.92. The Morgan fingerprint density at radius 2 is 2.04 bits per heavy atom. The molecule has 0 saturated carbocycles. The molecule has 0 bridgehead atoms. The molecule has 7 heteroatoms. The van der Waals surface area contributed by atoms with Gasteiger partial charge in [-0.1, -0.05) is 60.3 Å². The van der Waals surface area contributed by atoms with Crippen LogP contribution in [0.15, 0.2) is 26.9 Å². The van der Waals surface area contributed by atoms with E-state index in [0.29, 0.717) is 0 Å². The third kappa shape index (κ3) is 5.79. The van der Waals surface area contributed by atoms with Gasteiger partial charge in [-0.15, -0.1) is 10.2 Å². The summed E-state index contributed by atoms with van der Waals surface area (Å²) in [5.41, 5.74) is 3.08. The molecular formula is C17H23N3OS3. The zero-order valence-electron chi connectivity index (χ0n) is 14.5. The molecule has 0 fully saturated rings. The first kappa shape index (κ1) is 19.3. The van der Waals surface area contributed by atoms with E-state index in [-0.39, 0.29) is 11.2 Å². The molecule has 2 aromatic rings. The van der Waals surface area contributed by atoms with E-state index in [2.05, 4.69) is 22.4 Å². The molecule has 0 aliphatic heterocycles. The lowest BCUT2D eigenvalue weighted by Gasteiger charge is -2.12. The first-order valence-corrected chi connectivity index (χ1v) is 10.7. The Labute approximate surface area is 156 Å².